The molecule has 0 aliphatic carbocycles. The summed E-state index contributed by atoms with van der Waals surface area (Å²) in [6.45, 7) is 3.23. The lowest BCUT2D eigenvalue weighted by Crippen LogP contribution is -2.34. The van der Waals surface area contributed by atoms with Crippen LogP contribution in [0.1, 0.15) is 16.8 Å². The molecule has 3 heterocycles. The number of nitrogens with zero attached hydrogens (tertiary/aromatic N) is 3. The number of fused-ring (bicyclic) bond motifs is 2. The number of ether oxygens (including phenoxy) is 1. The van der Waals surface area contributed by atoms with Gasteiger partial charge in [-0.1, -0.05) is 30.3 Å². The van der Waals surface area contributed by atoms with E-state index >= 15 is 0 Å². The summed E-state index contributed by atoms with van der Waals surface area (Å²) >= 11 is 0. The van der Waals surface area contributed by atoms with Gasteiger partial charge in [-0.2, -0.15) is 0 Å². The van der Waals surface area contributed by atoms with Gasteiger partial charge in [-0.3, -0.25) is 4.90 Å². The van der Waals surface area contributed by atoms with E-state index in [2.05, 4.69) is 16.0 Å². The highest BCUT2D eigenvalue weighted by atomic mass is 16.5. The fraction of sp³-hybridized carbons (Fsp3) is 0.217. The second kappa shape index (κ2) is 7.09. The van der Waals surface area contributed by atoms with E-state index in [1.165, 1.54) is 11.1 Å². The first-order chi connectivity index (χ1) is 13.7. The Bertz CT molecular complexity index is 1050. The Labute approximate surface area is 164 Å². The first-order valence-electron chi connectivity index (χ1n) is 9.52. The number of hydrogen-bond donors (Lipinski definition) is 1. The molecular weight excluding hydrogens is 350 g/mol. The van der Waals surface area contributed by atoms with Crippen LogP contribution in [0.2, 0.25) is 0 Å². The van der Waals surface area contributed by atoms with Crippen LogP contribution in [0.4, 0.5) is 0 Å². The van der Waals surface area contributed by atoms with Gasteiger partial charge in [0.25, 0.3) is 0 Å². The van der Waals surface area contributed by atoms with E-state index in [0.29, 0.717) is 6.61 Å². The van der Waals surface area contributed by atoms with Crippen LogP contribution in [-0.4, -0.2) is 39.7 Å². The molecule has 140 valence electrons. The topological polar surface area (TPSA) is 58.5 Å². The standard InChI is InChI=1S/C23H21N3O2/c27-20-6-7-22-18(11-20)10-16(15-28-22)13-26-9-8-21-19(14-26)12-24-23(25-21)17-4-2-1-3-5-17/h1-7,10-12,27H,8-9,13-15H2. The van der Waals surface area contributed by atoms with Crippen molar-refractivity contribution in [2.45, 2.75) is 13.0 Å². The van der Waals surface area contributed by atoms with Gasteiger partial charge in [-0.25, -0.2) is 9.97 Å². The average Bonchev–Trinajstić information content (AvgIpc) is 2.74. The van der Waals surface area contributed by atoms with Gasteiger partial charge in [0, 0.05) is 48.9 Å². The predicted molar refractivity (Wildman–Crippen MR) is 108 cm³/mol. The van der Waals surface area contributed by atoms with Crippen molar-refractivity contribution in [2.24, 2.45) is 0 Å². The third-order valence-corrected chi connectivity index (χ3v) is 5.24. The highest BCUT2D eigenvalue weighted by Crippen LogP contribution is 2.30. The summed E-state index contributed by atoms with van der Waals surface area (Å²) < 4.78 is 5.84. The molecule has 2 aliphatic rings. The fourth-order valence-corrected chi connectivity index (χ4v) is 3.83. The third kappa shape index (κ3) is 3.37. The Kier molecular flexibility index (Phi) is 4.29. The van der Waals surface area contributed by atoms with Crippen molar-refractivity contribution >= 4 is 6.08 Å². The average molecular weight is 371 g/mol. The van der Waals surface area contributed by atoms with Crippen molar-refractivity contribution in [3.05, 3.63) is 77.1 Å². The molecule has 0 radical (unpaired) electrons. The van der Waals surface area contributed by atoms with Gasteiger partial charge in [0.1, 0.15) is 18.1 Å². The van der Waals surface area contributed by atoms with Crippen molar-refractivity contribution in [1.29, 1.82) is 0 Å². The molecule has 2 aromatic carbocycles. The zero-order valence-electron chi connectivity index (χ0n) is 15.5. The maximum absolute atomic E-state index is 9.70. The maximum atomic E-state index is 9.70. The van der Waals surface area contributed by atoms with Gasteiger partial charge in [0.2, 0.25) is 0 Å². The predicted octanol–water partition coefficient (Wildman–Crippen LogP) is 3.68. The van der Waals surface area contributed by atoms with Gasteiger partial charge in [-0.15, -0.1) is 0 Å². The molecule has 0 saturated carbocycles. The van der Waals surface area contributed by atoms with Crippen LogP contribution < -0.4 is 4.74 Å². The van der Waals surface area contributed by atoms with E-state index in [0.717, 1.165) is 54.4 Å². The number of aromatic nitrogens is 2. The molecule has 5 rings (SSSR count). The summed E-state index contributed by atoms with van der Waals surface area (Å²) in [6.07, 6.45) is 5.02. The highest BCUT2D eigenvalue weighted by Gasteiger charge is 2.21. The molecule has 0 atom stereocenters. The van der Waals surface area contributed by atoms with Crippen LogP contribution in [0, 0.1) is 0 Å². The molecule has 0 amide bonds. The summed E-state index contributed by atoms with van der Waals surface area (Å²) in [5.74, 6) is 1.89. The van der Waals surface area contributed by atoms with Crippen molar-refractivity contribution < 1.29 is 9.84 Å². The van der Waals surface area contributed by atoms with E-state index in [1.807, 2.05) is 42.6 Å². The van der Waals surface area contributed by atoms with Crippen LogP contribution in [0.5, 0.6) is 11.5 Å². The molecule has 0 fully saturated rings. The number of aromatic hydroxyl groups is 1. The molecule has 0 spiro atoms. The Morgan fingerprint density at radius 3 is 2.89 bits per heavy atom. The van der Waals surface area contributed by atoms with Crippen LogP contribution >= 0.6 is 0 Å². The van der Waals surface area contributed by atoms with Crippen LogP contribution in [0.25, 0.3) is 17.5 Å². The van der Waals surface area contributed by atoms with Crippen LogP contribution in [-0.2, 0) is 13.0 Å². The molecule has 3 aromatic rings. The minimum absolute atomic E-state index is 0.262. The molecule has 0 bridgehead atoms. The Morgan fingerprint density at radius 1 is 1.11 bits per heavy atom. The zero-order chi connectivity index (χ0) is 18.9. The first kappa shape index (κ1) is 17.0. The summed E-state index contributed by atoms with van der Waals surface area (Å²) in [5.41, 5.74) is 5.55. The largest absolute Gasteiger partial charge is 0.508 e. The zero-order valence-corrected chi connectivity index (χ0v) is 15.5. The third-order valence-electron chi connectivity index (χ3n) is 5.24. The number of rotatable bonds is 3. The van der Waals surface area contributed by atoms with Gasteiger partial charge in [0.05, 0.1) is 5.69 Å². The first-order valence-corrected chi connectivity index (χ1v) is 9.52. The SMILES string of the molecule is Oc1ccc2c(c1)C=C(CN1CCc3nc(-c4ccccc4)ncc3C1)CO2. The summed E-state index contributed by atoms with van der Waals surface area (Å²) in [5, 5.41) is 9.70. The second-order valence-corrected chi connectivity index (χ2v) is 7.31. The summed E-state index contributed by atoms with van der Waals surface area (Å²) in [7, 11) is 0. The van der Waals surface area contributed by atoms with E-state index in [-0.39, 0.29) is 5.75 Å². The minimum atomic E-state index is 0.262. The second-order valence-electron chi connectivity index (χ2n) is 7.31. The minimum Gasteiger partial charge on any atom is -0.508 e. The summed E-state index contributed by atoms with van der Waals surface area (Å²) in [6, 6.07) is 15.3. The van der Waals surface area contributed by atoms with Crippen molar-refractivity contribution in [2.75, 3.05) is 19.7 Å². The van der Waals surface area contributed by atoms with Crippen molar-refractivity contribution in [3.8, 4) is 22.9 Å². The molecule has 0 saturated heterocycles. The lowest BCUT2D eigenvalue weighted by molar-refractivity contribution is 0.255. The molecule has 5 nitrogen and oxygen atoms in total. The quantitative estimate of drug-likeness (QED) is 0.761. The Balaban J connectivity index is 1.31. The summed E-state index contributed by atoms with van der Waals surface area (Å²) in [4.78, 5) is 11.8. The monoisotopic (exact) mass is 371 g/mol. The number of phenolic OH excluding ortho intramolecular Hbond substituents is 1. The molecule has 5 heteroatoms. The van der Waals surface area contributed by atoms with Crippen molar-refractivity contribution in [3.63, 3.8) is 0 Å². The van der Waals surface area contributed by atoms with Crippen LogP contribution in [0.15, 0.2) is 60.3 Å². The maximum Gasteiger partial charge on any atom is 0.159 e. The molecule has 28 heavy (non-hydrogen) atoms. The van der Waals surface area contributed by atoms with Gasteiger partial charge in [-0.05, 0) is 29.8 Å². The molecular formula is C23H21N3O2. The van der Waals surface area contributed by atoms with E-state index in [1.54, 1.807) is 12.1 Å². The lowest BCUT2D eigenvalue weighted by Gasteiger charge is -2.30. The highest BCUT2D eigenvalue weighted by molar-refractivity contribution is 5.64. The number of hydrogen-bond acceptors (Lipinski definition) is 5. The van der Waals surface area contributed by atoms with Gasteiger partial charge in [0.15, 0.2) is 5.82 Å². The molecule has 2 aliphatic heterocycles. The van der Waals surface area contributed by atoms with E-state index < -0.39 is 0 Å². The lowest BCUT2D eigenvalue weighted by atomic mass is 10.0. The molecule has 1 aromatic heterocycles. The number of benzene rings is 2. The Morgan fingerprint density at radius 2 is 2.00 bits per heavy atom. The number of phenols is 1. The molecule has 1 N–H and O–H groups in total. The van der Waals surface area contributed by atoms with E-state index in [9.17, 15) is 5.11 Å². The fourth-order valence-electron chi connectivity index (χ4n) is 3.83. The van der Waals surface area contributed by atoms with Gasteiger partial charge < -0.3 is 9.84 Å². The van der Waals surface area contributed by atoms with Crippen molar-refractivity contribution in [1.82, 2.24) is 14.9 Å². The Hall–Kier alpha value is -3.18. The normalized spacial score (nSPS) is 15.9. The van der Waals surface area contributed by atoms with Crippen LogP contribution in [0.3, 0.4) is 0 Å². The smallest absolute Gasteiger partial charge is 0.159 e. The van der Waals surface area contributed by atoms with Gasteiger partial charge >= 0.3 is 0 Å². The molecule has 0 unspecified atom stereocenters. The van der Waals surface area contributed by atoms with E-state index in [4.69, 9.17) is 9.72 Å².